The Hall–Kier alpha value is -2.56. The van der Waals surface area contributed by atoms with Gasteiger partial charge >= 0.3 is 0 Å². The Kier molecular flexibility index (Phi) is 5.48. The molecule has 154 valence electrons. The molecule has 0 bridgehead atoms. The Morgan fingerprint density at radius 3 is 2.45 bits per heavy atom. The van der Waals surface area contributed by atoms with E-state index in [1.807, 2.05) is 19.1 Å². The molecule has 3 aromatic rings. The van der Waals surface area contributed by atoms with E-state index < -0.39 is 10.0 Å². The number of piperazine rings is 1. The number of hydrogen-bond acceptors (Lipinski definition) is 7. The van der Waals surface area contributed by atoms with Crippen molar-refractivity contribution >= 4 is 21.5 Å². The zero-order valence-electron chi connectivity index (χ0n) is 16.6. The summed E-state index contributed by atoms with van der Waals surface area (Å²) in [5.41, 5.74) is 1.67. The number of aromatic nitrogens is 4. The number of fused-ring (bicyclic) bond motifs is 1. The molecular weight excluding hydrogens is 390 g/mol. The second kappa shape index (κ2) is 8.05. The molecule has 0 aliphatic carbocycles. The summed E-state index contributed by atoms with van der Waals surface area (Å²) < 4.78 is 29.2. The third kappa shape index (κ3) is 4.39. The Balaban J connectivity index is 1.45. The van der Waals surface area contributed by atoms with Crippen molar-refractivity contribution in [3.8, 4) is 0 Å². The summed E-state index contributed by atoms with van der Waals surface area (Å²) >= 11 is 0. The maximum atomic E-state index is 12.4. The molecule has 0 amide bonds. The average molecular weight is 416 g/mol. The SMILES string of the molecule is Cc1ccc(S(=O)(=O)NCCc2nnc3ccc(N4CCN(C)CC4)nn23)cc1. The summed E-state index contributed by atoms with van der Waals surface area (Å²) in [5.74, 6) is 1.51. The van der Waals surface area contributed by atoms with Crippen molar-refractivity contribution in [1.82, 2.24) is 29.4 Å². The number of rotatable bonds is 6. The number of nitrogens with zero attached hydrogens (tertiary/aromatic N) is 6. The maximum Gasteiger partial charge on any atom is 0.240 e. The maximum absolute atomic E-state index is 12.4. The average Bonchev–Trinajstić information content (AvgIpc) is 3.11. The first kappa shape index (κ1) is 19.7. The lowest BCUT2D eigenvalue weighted by Gasteiger charge is -2.33. The van der Waals surface area contributed by atoms with E-state index >= 15 is 0 Å². The molecular formula is C19H25N7O2S. The van der Waals surface area contributed by atoms with E-state index in [4.69, 9.17) is 0 Å². The van der Waals surface area contributed by atoms with Gasteiger partial charge in [-0.3, -0.25) is 0 Å². The smallest absolute Gasteiger partial charge is 0.240 e. The van der Waals surface area contributed by atoms with Gasteiger partial charge in [-0.2, -0.15) is 4.52 Å². The van der Waals surface area contributed by atoms with Crippen LogP contribution in [0.5, 0.6) is 0 Å². The van der Waals surface area contributed by atoms with E-state index in [1.54, 1.807) is 28.8 Å². The third-order valence-corrected chi connectivity index (χ3v) is 6.59. The fourth-order valence-electron chi connectivity index (χ4n) is 3.28. The lowest BCUT2D eigenvalue weighted by Crippen LogP contribution is -2.45. The largest absolute Gasteiger partial charge is 0.353 e. The number of likely N-dealkylation sites (N-methyl/N-ethyl adjacent to an activating group) is 1. The molecule has 2 aromatic heterocycles. The Morgan fingerprint density at radius 2 is 1.72 bits per heavy atom. The van der Waals surface area contributed by atoms with E-state index in [2.05, 4.69) is 36.9 Å². The minimum absolute atomic E-state index is 0.220. The van der Waals surface area contributed by atoms with E-state index in [-0.39, 0.29) is 11.4 Å². The van der Waals surface area contributed by atoms with Gasteiger partial charge in [-0.05, 0) is 38.2 Å². The quantitative estimate of drug-likeness (QED) is 0.633. The predicted molar refractivity (Wildman–Crippen MR) is 111 cm³/mol. The first-order chi connectivity index (χ1) is 13.9. The van der Waals surface area contributed by atoms with Gasteiger partial charge in [0.05, 0.1) is 4.90 Å². The van der Waals surface area contributed by atoms with E-state index in [0.717, 1.165) is 37.6 Å². The first-order valence-corrected chi connectivity index (χ1v) is 11.1. The van der Waals surface area contributed by atoms with Crippen LogP contribution in [-0.4, -0.2) is 72.9 Å². The van der Waals surface area contributed by atoms with Crippen LogP contribution < -0.4 is 9.62 Å². The summed E-state index contributed by atoms with van der Waals surface area (Å²) in [6.07, 6.45) is 0.394. The fraction of sp³-hybridized carbons (Fsp3) is 0.421. The molecule has 9 nitrogen and oxygen atoms in total. The van der Waals surface area contributed by atoms with Crippen molar-refractivity contribution in [2.24, 2.45) is 0 Å². The van der Waals surface area contributed by atoms with Crippen molar-refractivity contribution in [2.75, 3.05) is 44.7 Å². The van der Waals surface area contributed by atoms with E-state index in [9.17, 15) is 8.42 Å². The summed E-state index contributed by atoms with van der Waals surface area (Å²) in [4.78, 5) is 4.78. The van der Waals surface area contributed by atoms with Crippen LogP contribution in [0.1, 0.15) is 11.4 Å². The molecule has 1 aromatic carbocycles. The van der Waals surface area contributed by atoms with Crippen LogP contribution in [-0.2, 0) is 16.4 Å². The zero-order chi connectivity index (χ0) is 20.4. The Morgan fingerprint density at radius 1 is 1.00 bits per heavy atom. The van der Waals surface area contributed by atoms with Gasteiger partial charge in [0.1, 0.15) is 5.82 Å². The van der Waals surface area contributed by atoms with Crippen molar-refractivity contribution in [2.45, 2.75) is 18.2 Å². The van der Waals surface area contributed by atoms with Crippen molar-refractivity contribution in [3.05, 3.63) is 47.8 Å². The van der Waals surface area contributed by atoms with Gasteiger partial charge in [0, 0.05) is 39.1 Å². The van der Waals surface area contributed by atoms with E-state index in [1.165, 1.54) is 0 Å². The number of hydrogen-bond donors (Lipinski definition) is 1. The minimum atomic E-state index is -3.55. The highest BCUT2D eigenvalue weighted by atomic mass is 32.2. The lowest BCUT2D eigenvalue weighted by molar-refractivity contribution is 0.311. The van der Waals surface area contributed by atoms with Crippen LogP contribution in [0.15, 0.2) is 41.3 Å². The molecule has 3 heterocycles. The monoisotopic (exact) mass is 415 g/mol. The van der Waals surface area contributed by atoms with Crippen LogP contribution in [0.3, 0.4) is 0 Å². The van der Waals surface area contributed by atoms with Gasteiger partial charge in [0.25, 0.3) is 0 Å². The normalized spacial score (nSPS) is 15.9. The zero-order valence-corrected chi connectivity index (χ0v) is 17.4. The summed E-state index contributed by atoms with van der Waals surface area (Å²) in [6, 6.07) is 10.6. The number of anilines is 1. The van der Waals surface area contributed by atoms with Gasteiger partial charge in [-0.1, -0.05) is 17.7 Å². The highest BCUT2D eigenvalue weighted by Crippen LogP contribution is 2.15. The number of benzene rings is 1. The molecule has 29 heavy (non-hydrogen) atoms. The molecule has 1 fully saturated rings. The molecule has 1 saturated heterocycles. The van der Waals surface area contributed by atoms with Crippen LogP contribution in [0.2, 0.25) is 0 Å². The van der Waals surface area contributed by atoms with Crippen LogP contribution in [0, 0.1) is 6.92 Å². The van der Waals surface area contributed by atoms with Gasteiger partial charge in [0.2, 0.25) is 10.0 Å². The van der Waals surface area contributed by atoms with Crippen LogP contribution >= 0.6 is 0 Å². The first-order valence-electron chi connectivity index (χ1n) is 9.63. The molecule has 0 unspecified atom stereocenters. The molecule has 10 heteroatoms. The van der Waals surface area contributed by atoms with Gasteiger partial charge in [-0.15, -0.1) is 15.3 Å². The van der Waals surface area contributed by atoms with Crippen molar-refractivity contribution < 1.29 is 8.42 Å². The van der Waals surface area contributed by atoms with Gasteiger partial charge < -0.3 is 9.80 Å². The molecule has 1 aliphatic heterocycles. The summed E-state index contributed by atoms with van der Waals surface area (Å²) in [5, 5.41) is 13.0. The predicted octanol–water partition coefficient (Wildman–Crippen LogP) is 0.706. The highest BCUT2D eigenvalue weighted by Gasteiger charge is 2.18. The van der Waals surface area contributed by atoms with Crippen LogP contribution in [0.4, 0.5) is 5.82 Å². The summed E-state index contributed by atoms with van der Waals surface area (Å²) in [7, 11) is -1.44. The van der Waals surface area contributed by atoms with Gasteiger partial charge in [-0.25, -0.2) is 13.1 Å². The number of sulfonamides is 1. The molecule has 0 spiro atoms. The molecule has 1 aliphatic rings. The summed E-state index contributed by atoms with van der Waals surface area (Å²) in [6.45, 7) is 5.97. The topological polar surface area (TPSA) is 95.7 Å². The van der Waals surface area contributed by atoms with Gasteiger partial charge in [0.15, 0.2) is 11.5 Å². The molecule has 1 N–H and O–H groups in total. The second-order valence-corrected chi connectivity index (χ2v) is 9.10. The molecule has 0 saturated carbocycles. The second-order valence-electron chi connectivity index (χ2n) is 7.33. The van der Waals surface area contributed by atoms with Crippen molar-refractivity contribution in [1.29, 1.82) is 0 Å². The van der Waals surface area contributed by atoms with Crippen LogP contribution in [0.25, 0.3) is 5.65 Å². The molecule has 4 rings (SSSR count). The lowest BCUT2D eigenvalue weighted by atomic mass is 10.2. The minimum Gasteiger partial charge on any atom is -0.353 e. The Bertz CT molecular complexity index is 1090. The molecule has 0 atom stereocenters. The van der Waals surface area contributed by atoms with Crippen molar-refractivity contribution in [3.63, 3.8) is 0 Å². The highest BCUT2D eigenvalue weighted by molar-refractivity contribution is 7.89. The third-order valence-electron chi connectivity index (χ3n) is 5.11. The number of nitrogens with one attached hydrogen (secondary N) is 1. The number of aryl methyl sites for hydroxylation is 1. The Labute approximate surface area is 170 Å². The van der Waals surface area contributed by atoms with E-state index in [0.29, 0.717) is 17.9 Å². The fourth-order valence-corrected chi connectivity index (χ4v) is 4.31. The standard InChI is InChI=1S/C19H25N7O2S/c1-15-3-5-16(6-4-15)29(27,28)20-10-9-18-22-21-17-7-8-19(23-26(17)18)25-13-11-24(2)12-14-25/h3-8,20H,9-14H2,1-2H3. The molecule has 0 radical (unpaired) electrons.